The van der Waals surface area contributed by atoms with E-state index in [-0.39, 0.29) is 0 Å². The van der Waals surface area contributed by atoms with Crippen molar-refractivity contribution in [2.24, 2.45) is 5.92 Å². The van der Waals surface area contributed by atoms with E-state index in [2.05, 4.69) is 39.8 Å². The van der Waals surface area contributed by atoms with Crippen LogP contribution in [-0.2, 0) is 0 Å². The first-order chi connectivity index (χ1) is 12.6. The lowest BCUT2D eigenvalue weighted by Gasteiger charge is -2.10. The van der Waals surface area contributed by atoms with E-state index in [0.717, 1.165) is 25.7 Å². The Balaban J connectivity index is 4.23. The van der Waals surface area contributed by atoms with Crippen LogP contribution in [0.3, 0.4) is 0 Å². The van der Waals surface area contributed by atoms with E-state index in [0.29, 0.717) is 11.7 Å². The summed E-state index contributed by atoms with van der Waals surface area (Å²) in [6.45, 7) is 8.99. The first kappa shape index (κ1) is 25.3. The summed E-state index contributed by atoms with van der Waals surface area (Å²) in [6, 6.07) is 0. The average molecular weight is 365 g/mol. The molecule has 0 fully saturated rings. The highest BCUT2D eigenvalue weighted by atomic mass is 16.3. The molecule has 0 radical (unpaired) electrons. The van der Waals surface area contributed by atoms with Gasteiger partial charge in [0.2, 0.25) is 0 Å². The van der Waals surface area contributed by atoms with Crippen molar-refractivity contribution in [3.05, 3.63) is 23.5 Å². The molecule has 0 aliphatic rings. The van der Waals surface area contributed by atoms with Crippen LogP contribution < -0.4 is 0 Å². The molecule has 0 rings (SSSR count). The Morgan fingerprint density at radius 1 is 0.731 bits per heavy atom. The van der Waals surface area contributed by atoms with Crippen LogP contribution in [0.25, 0.3) is 0 Å². The summed E-state index contributed by atoms with van der Waals surface area (Å²) in [5.74, 6) is 1.30. The Bertz CT molecular complexity index is 351. The molecule has 0 bridgehead atoms. The summed E-state index contributed by atoms with van der Waals surface area (Å²) in [6.07, 6.45) is 24.6. The van der Waals surface area contributed by atoms with Gasteiger partial charge in [0.25, 0.3) is 0 Å². The maximum absolute atomic E-state index is 10.5. The predicted molar refractivity (Wildman–Crippen MR) is 119 cm³/mol. The van der Waals surface area contributed by atoms with E-state index < -0.39 is 0 Å². The molecule has 0 unspecified atom stereocenters. The van der Waals surface area contributed by atoms with Gasteiger partial charge in [-0.25, -0.2) is 0 Å². The van der Waals surface area contributed by atoms with Gasteiger partial charge in [-0.2, -0.15) is 0 Å². The van der Waals surface area contributed by atoms with Gasteiger partial charge in [0.15, 0.2) is 0 Å². The molecule has 0 amide bonds. The molecular weight excluding hydrogens is 316 g/mol. The van der Waals surface area contributed by atoms with Crippen LogP contribution in [0.5, 0.6) is 0 Å². The molecule has 0 atom stereocenters. The SMILES string of the molecule is CCCCCCC=CC(CCCCCCCCCC)=C(O)CCC(C)C. The summed E-state index contributed by atoms with van der Waals surface area (Å²) < 4.78 is 0. The molecule has 0 aromatic rings. The molecule has 1 heteroatoms. The molecule has 0 aromatic heterocycles. The van der Waals surface area contributed by atoms with E-state index in [9.17, 15) is 5.11 Å². The molecule has 26 heavy (non-hydrogen) atoms. The van der Waals surface area contributed by atoms with E-state index in [1.165, 1.54) is 82.6 Å². The van der Waals surface area contributed by atoms with Crippen LogP contribution in [-0.4, -0.2) is 5.11 Å². The molecule has 0 aliphatic heterocycles. The summed E-state index contributed by atoms with van der Waals surface area (Å²) >= 11 is 0. The van der Waals surface area contributed by atoms with Crippen molar-refractivity contribution in [2.45, 2.75) is 130 Å². The highest BCUT2D eigenvalue weighted by Gasteiger charge is 2.05. The first-order valence-electron chi connectivity index (χ1n) is 11.7. The minimum absolute atomic E-state index is 0.645. The van der Waals surface area contributed by atoms with Crippen LogP contribution in [0.1, 0.15) is 130 Å². The lowest BCUT2D eigenvalue weighted by molar-refractivity contribution is 0.364. The fraction of sp³-hybridized carbons (Fsp3) is 0.840. The first-order valence-corrected chi connectivity index (χ1v) is 11.7. The molecule has 1 N–H and O–H groups in total. The minimum Gasteiger partial charge on any atom is -0.512 e. The number of aliphatic hydroxyl groups excluding tert-OH is 1. The second-order valence-electron chi connectivity index (χ2n) is 8.38. The number of allylic oxidation sites excluding steroid dienone is 4. The molecule has 0 saturated carbocycles. The fourth-order valence-electron chi connectivity index (χ4n) is 3.27. The maximum Gasteiger partial charge on any atom is 0.0954 e. The van der Waals surface area contributed by atoms with Gasteiger partial charge in [0.1, 0.15) is 0 Å². The molecular formula is C25H48O. The largest absolute Gasteiger partial charge is 0.512 e. The van der Waals surface area contributed by atoms with Crippen LogP contribution in [0.4, 0.5) is 0 Å². The molecule has 0 spiro atoms. The third kappa shape index (κ3) is 16.7. The Kier molecular flexibility index (Phi) is 18.5. The molecule has 0 heterocycles. The normalized spacial score (nSPS) is 13.0. The van der Waals surface area contributed by atoms with Crippen molar-refractivity contribution in [1.82, 2.24) is 0 Å². The molecule has 1 nitrogen and oxygen atoms in total. The van der Waals surface area contributed by atoms with Crippen molar-refractivity contribution in [3.8, 4) is 0 Å². The smallest absolute Gasteiger partial charge is 0.0954 e. The summed E-state index contributed by atoms with van der Waals surface area (Å²) in [7, 11) is 0. The van der Waals surface area contributed by atoms with Gasteiger partial charge in [0.05, 0.1) is 5.76 Å². The van der Waals surface area contributed by atoms with Gasteiger partial charge in [-0.1, -0.05) is 104 Å². The highest BCUT2D eigenvalue weighted by molar-refractivity contribution is 5.22. The zero-order chi connectivity index (χ0) is 19.5. The third-order valence-corrected chi connectivity index (χ3v) is 5.17. The van der Waals surface area contributed by atoms with Gasteiger partial charge in [0, 0.05) is 6.42 Å². The van der Waals surface area contributed by atoms with Crippen molar-refractivity contribution < 1.29 is 5.11 Å². The average Bonchev–Trinajstić information content (AvgIpc) is 2.62. The predicted octanol–water partition coefficient (Wildman–Crippen LogP) is 9.29. The number of hydrogen-bond acceptors (Lipinski definition) is 1. The lowest BCUT2D eigenvalue weighted by Crippen LogP contribution is -1.94. The summed E-state index contributed by atoms with van der Waals surface area (Å²) in [5.41, 5.74) is 1.20. The lowest BCUT2D eigenvalue weighted by atomic mass is 9.99. The number of unbranched alkanes of at least 4 members (excludes halogenated alkanes) is 11. The number of rotatable bonds is 18. The van der Waals surface area contributed by atoms with Gasteiger partial charge in [-0.05, 0) is 43.6 Å². The molecule has 154 valence electrons. The molecule has 0 aliphatic carbocycles. The summed E-state index contributed by atoms with van der Waals surface area (Å²) in [4.78, 5) is 0. The van der Waals surface area contributed by atoms with Crippen LogP contribution in [0.15, 0.2) is 23.5 Å². The Labute approximate surface area is 165 Å². The van der Waals surface area contributed by atoms with E-state index in [4.69, 9.17) is 0 Å². The minimum atomic E-state index is 0.645. The van der Waals surface area contributed by atoms with E-state index >= 15 is 0 Å². The Morgan fingerprint density at radius 3 is 1.85 bits per heavy atom. The standard InChI is InChI=1S/C25H48O/c1-5-7-9-11-13-14-16-18-20-24(25(26)22-21-23(3)4)19-17-15-12-10-8-6-2/h17,19,23,26H,5-16,18,20-22H2,1-4H3. The second-order valence-corrected chi connectivity index (χ2v) is 8.38. The Hall–Kier alpha value is -0.720. The maximum atomic E-state index is 10.5. The molecule has 0 aromatic carbocycles. The third-order valence-electron chi connectivity index (χ3n) is 5.17. The van der Waals surface area contributed by atoms with Crippen LogP contribution in [0.2, 0.25) is 0 Å². The van der Waals surface area contributed by atoms with Crippen LogP contribution >= 0.6 is 0 Å². The van der Waals surface area contributed by atoms with Crippen molar-refractivity contribution >= 4 is 0 Å². The van der Waals surface area contributed by atoms with Crippen molar-refractivity contribution in [3.63, 3.8) is 0 Å². The quantitative estimate of drug-likeness (QED) is 0.146. The number of aliphatic hydroxyl groups is 1. The monoisotopic (exact) mass is 364 g/mol. The van der Waals surface area contributed by atoms with Gasteiger partial charge < -0.3 is 5.11 Å². The van der Waals surface area contributed by atoms with Crippen molar-refractivity contribution in [1.29, 1.82) is 0 Å². The summed E-state index contributed by atoms with van der Waals surface area (Å²) in [5, 5.41) is 10.5. The van der Waals surface area contributed by atoms with Gasteiger partial charge >= 0.3 is 0 Å². The Morgan fingerprint density at radius 2 is 1.27 bits per heavy atom. The highest BCUT2D eigenvalue weighted by Crippen LogP contribution is 2.20. The second kappa shape index (κ2) is 19.1. The van der Waals surface area contributed by atoms with Gasteiger partial charge in [-0.3, -0.25) is 0 Å². The van der Waals surface area contributed by atoms with Gasteiger partial charge in [-0.15, -0.1) is 0 Å². The zero-order valence-electron chi connectivity index (χ0n) is 18.5. The van der Waals surface area contributed by atoms with E-state index in [1.54, 1.807) is 0 Å². The van der Waals surface area contributed by atoms with Crippen molar-refractivity contribution in [2.75, 3.05) is 0 Å². The van der Waals surface area contributed by atoms with E-state index in [1.807, 2.05) is 0 Å². The molecule has 0 saturated heterocycles. The topological polar surface area (TPSA) is 20.2 Å². The number of hydrogen-bond donors (Lipinski definition) is 1. The zero-order valence-corrected chi connectivity index (χ0v) is 18.5. The fourth-order valence-corrected chi connectivity index (χ4v) is 3.27. The van der Waals surface area contributed by atoms with Crippen LogP contribution in [0, 0.1) is 5.92 Å².